The van der Waals surface area contributed by atoms with Gasteiger partial charge in [0.15, 0.2) is 0 Å². The third-order valence-electron chi connectivity index (χ3n) is 6.06. The fourth-order valence-electron chi connectivity index (χ4n) is 4.60. The molecule has 6 heteroatoms. The molecular formula is C19H25FN4O. The monoisotopic (exact) mass is 344 g/mol. The van der Waals surface area contributed by atoms with Gasteiger partial charge in [0.05, 0.1) is 16.4 Å². The zero-order valence-corrected chi connectivity index (χ0v) is 14.6. The highest BCUT2D eigenvalue weighted by molar-refractivity contribution is 5.84. The Kier molecular flexibility index (Phi) is 4.23. The van der Waals surface area contributed by atoms with Crippen molar-refractivity contribution in [3.63, 3.8) is 0 Å². The van der Waals surface area contributed by atoms with Crippen LogP contribution in [0.25, 0.3) is 11.0 Å². The zero-order chi connectivity index (χ0) is 17.4. The Bertz CT molecular complexity index is 802. The molecule has 2 aromatic rings. The van der Waals surface area contributed by atoms with Crippen LogP contribution in [0.4, 0.5) is 4.39 Å². The molecule has 25 heavy (non-hydrogen) atoms. The van der Waals surface area contributed by atoms with Gasteiger partial charge in [-0.05, 0) is 37.4 Å². The van der Waals surface area contributed by atoms with E-state index in [1.807, 2.05) is 11.6 Å². The number of nitrogens with zero attached hydrogens (tertiary/aromatic N) is 2. The van der Waals surface area contributed by atoms with Crippen molar-refractivity contribution >= 4 is 16.9 Å². The van der Waals surface area contributed by atoms with Gasteiger partial charge in [-0.3, -0.25) is 4.79 Å². The molecule has 0 radical (unpaired) electrons. The summed E-state index contributed by atoms with van der Waals surface area (Å²) in [5.74, 6) is 1.25. The number of amides is 1. The lowest BCUT2D eigenvalue weighted by molar-refractivity contribution is -0.133. The first-order chi connectivity index (χ1) is 12.1. The Morgan fingerprint density at radius 3 is 3.24 bits per heavy atom. The summed E-state index contributed by atoms with van der Waals surface area (Å²) in [5, 5.41) is 6.55. The maximum absolute atomic E-state index is 13.4. The second kappa shape index (κ2) is 6.41. The maximum atomic E-state index is 13.4. The Balaban J connectivity index is 1.42. The number of halogens is 1. The van der Waals surface area contributed by atoms with Crippen LogP contribution in [0.15, 0.2) is 18.2 Å². The summed E-state index contributed by atoms with van der Waals surface area (Å²) in [6.45, 7) is 2.33. The molecule has 134 valence electrons. The minimum Gasteiger partial charge on any atom is -0.355 e. The summed E-state index contributed by atoms with van der Waals surface area (Å²) < 4.78 is 15.3. The van der Waals surface area contributed by atoms with Crippen LogP contribution in [0.5, 0.6) is 0 Å². The largest absolute Gasteiger partial charge is 0.355 e. The average molecular weight is 344 g/mol. The van der Waals surface area contributed by atoms with Crippen LogP contribution in [0.3, 0.4) is 0 Å². The highest BCUT2D eigenvalue weighted by Gasteiger charge is 2.49. The van der Waals surface area contributed by atoms with E-state index >= 15 is 0 Å². The van der Waals surface area contributed by atoms with E-state index in [0.29, 0.717) is 24.4 Å². The van der Waals surface area contributed by atoms with E-state index in [0.717, 1.165) is 43.7 Å². The number of nitrogens with one attached hydrogen (secondary N) is 2. The number of carbonyl (C=O) groups excluding carboxylic acids is 1. The molecule has 2 atom stereocenters. The molecule has 2 N–H and O–H groups in total. The van der Waals surface area contributed by atoms with Crippen molar-refractivity contribution in [3.05, 3.63) is 29.8 Å². The molecule has 0 bridgehead atoms. The first kappa shape index (κ1) is 16.5. The van der Waals surface area contributed by atoms with Crippen LogP contribution in [-0.2, 0) is 18.3 Å². The third-order valence-corrected chi connectivity index (χ3v) is 6.06. The van der Waals surface area contributed by atoms with Crippen molar-refractivity contribution in [2.24, 2.45) is 18.4 Å². The van der Waals surface area contributed by atoms with Gasteiger partial charge in [0, 0.05) is 32.6 Å². The predicted octanol–water partition coefficient (Wildman–Crippen LogP) is 2.15. The van der Waals surface area contributed by atoms with Gasteiger partial charge in [0.1, 0.15) is 11.6 Å². The van der Waals surface area contributed by atoms with Crippen molar-refractivity contribution in [2.45, 2.75) is 32.1 Å². The summed E-state index contributed by atoms with van der Waals surface area (Å²) in [7, 11) is 1.93. The number of aryl methyl sites for hydroxylation is 1. The smallest absolute Gasteiger partial charge is 0.227 e. The van der Waals surface area contributed by atoms with Crippen molar-refractivity contribution in [3.8, 4) is 0 Å². The Morgan fingerprint density at radius 1 is 1.48 bits per heavy atom. The molecule has 4 rings (SSSR count). The highest BCUT2D eigenvalue weighted by Crippen LogP contribution is 2.43. The summed E-state index contributed by atoms with van der Waals surface area (Å²) in [6, 6.07) is 4.65. The van der Waals surface area contributed by atoms with Gasteiger partial charge < -0.3 is 15.2 Å². The predicted molar refractivity (Wildman–Crippen MR) is 94.6 cm³/mol. The second-order valence-corrected chi connectivity index (χ2v) is 7.46. The molecule has 1 aromatic heterocycles. The number of hydrogen-bond donors (Lipinski definition) is 2. The lowest BCUT2D eigenvalue weighted by atomic mass is 9.67. The lowest BCUT2D eigenvalue weighted by Crippen LogP contribution is -2.48. The fraction of sp³-hybridized carbons (Fsp3) is 0.579. The minimum atomic E-state index is -0.276. The Hall–Kier alpha value is -1.95. The van der Waals surface area contributed by atoms with E-state index < -0.39 is 0 Å². The second-order valence-electron chi connectivity index (χ2n) is 7.46. The molecule has 1 saturated heterocycles. The van der Waals surface area contributed by atoms with Gasteiger partial charge in [0.2, 0.25) is 5.91 Å². The minimum absolute atomic E-state index is 0.187. The van der Waals surface area contributed by atoms with Gasteiger partial charge in [-0.15, -0.1) is 0 Å². The summed E-state index contributed by atoms with van der Waals surface area (Å²) in [4.78, 5) is 17.4. The van der Waals surface area contributed by atoms with E-state index in [2.05, 4.69) is 15.6 Å². The van der Waals surface area contributed by atoms with Crippen LogP contribution < -0.4 is 10.6 Å². The van der Waals surface area contributed by atoms with E-state index in [1.165, 1.54) is 18.6 Å². The molecule has 1 amide bonds. The van der Waals surface area contributed by atoms with Crippen molar-refractivity contribution < 1.29 is 9.18 Å². The number of rotatable bonds is 4. The highest BCUT2D eigenvalue weighted by atomic mass is 19.1. The molecule has 1 aliphatic heterocycles. The number of imidazole rings is 1. The van der Waals surface area contributed by atoms with Crippen molar-refractivity contribution in [1.82, 2.24) is 20.2 Å². The van der Waals surface area contributed by atoms with Gasteiger partial charge >= 0.3 is 0 Å². The van der Waals surface area contributed by atoms with Crippen LogP contribution in [-0.4, -0.2) is 35.1 Å². The standard InChI is InChI=1S/C19H25FN4O/c1-24-16-6-5-14(20)10-15(16)23-17(24)7-9-22-18(25)19-8-3-2-4-13(19)11-21-12-19/h5-6,10,13,21H,2-4,7-9,11-12H2,1H3,(H,22,25)/t13-,19+/m0/s1. The first-order valence-electron chi connectivity index (χ1n) is 9.20. The van der Waals surface area contributed by atoms with E-state index in [-0.39, 0.29) is 17.1 Å². The molecule has 5 nitrogen and oxygen atoms in total. The van der Waals surface area contributed by atoms with Crippen LogP contribution in [0.2, 0.25) is 0 Å². The number of carbonyl (C=O) groups is 1. The third kappa shape index (κ3) is 2.82. The number of aromatic nitrogens is 2. The first-order valence-corrected chi connectivity index (χ1v) is 9.20. The molecule has 2 heterocycles. The van der Waals surface area contributed by atoms with Gasteiger partial charge in [-0.1, -0.05) is 12.8 Å². The van der Waals surface area contributed by atoms with E-state index in [1.54, 1.807) is 6.07 Å². The number of benzene rings is 1. The Morgan fingerprint density at radius 2 is 2.36 bits per heavy atom. The molecule has 1 saturated carbocycles. The van der Waals surface area contributed by atoms with Gasteiger partial charge in [-0.25, -0.2) is 9.37 Å². The molecule has 0 unspecified atom stereocenters. The summed E-state index contributed by atoms with van der Waals surface area (Å²) in [5.41, 5.74) is 1.36. The average Bonchev–Trinajstić information content (AvgIpc) is 3.17. The van der Waals surface area contributed by atoms with E-state index in [4.69, 9.17) is 0 Å². The van der Waals surface area contributed by atoms with E-state index in [9.17, 15) is 9.18 Å². The lowest BCUT2D eigenvalue weighted by Gasteiger charge is -2.37. The SMILES string of the molecule is Cn1c(CCNC(=O)[C@@]23CCCC[C@H]2CNC3)nc2cc(F)ccc21. The normalized spacial score (nSPS) is 25.9. The Labute approximate surface area is 147 Å². The molecule has 1 aliphatic carbocycles. The van der Waals surface area contributed by atoms with Crippen molar-refractivity contribution in [2.75, 3.05) is 19.6 Å². The van der Waals surface area contributed by atoms with Gasteiger partial charge in [-0.2, -0.15) is 0 Å². The van der Waals surface area contributed by atoms with Gasteiger partial charge in [0.25, 0.3) is 0 Å². The molecule has 2 fully saturated rings. The number of hydrogen-bond acceptors (Lipinski definition) is 3. The van der Waals surface area contributed by atoms with Crippen LogP contribution in [0.1, 0.15) is 31.5 Å². The maximum Gasteiger partial charge on any atom is 0.227 e. The van der Waals surface area contributed by atoms with Crippen LogP contribution in [0, 0.1) is 17.2 Å². The quantitative estimate of drug-likeness (QED) is 0.893. The molecular weight excluding hydrogens is 319 g/mol. The van der Waals surface area contributed by atoms with Crippen LogP contribution >= 0.6 is 0 Å². The molecule has 1 aromatic carbocycles. The number of fused-ring (bicyclic) bond motifs is 2. The summed E-state index contributed by atoms with van der Waals surface area (Å²) >= 11 is 0. The molecule has 0 spiro atoms. The zero-order valence-electron chi connectivity index (χ0n) is 14.6. The topological polar surface area (TPSA) is 59.0 Å². The fourth-order valence-corrected chi connectivity index (χ4v) is 4.60. The summed E-state index contributed by atoms with van der Waals surface area (Å²) in [6.07, 6.45) is 5.16. The molecule has 2 aliphatic rings. The van der Waals surface area contributed by atoms with Crippen molar-refractivity contribution in [1.29, 1.82) is 0 Å².